The van der Waals surface area contributed by atoms with Crippen LogP contribution in [0.25, 0.3) is 11.6 Å². The molecule has 16 heavy (non-hydrogen) atoms. The second-order valence-electron chi connectivity index (χ2n) is 2.82. The Morgan fingerprint density at radius 2 is 2.19 bits per heavy atom. The van der Waals surface area contributed by atoms with E-state index in [1.807, 2.05) is 0 Å². The lowest BCUT2D eigenvalue weighted by Crippen LogP contribution is -1.96. The van der Waals surface area contributed by atoms with Gasteiger partial charge in [-0.2, -0.15) is 14.7 Å². The van der Waals surface area contributed by atoms with Gasteiger partial charge in [-0.15, -0.1) is 4.52 Å². The fourth-order valence-electron chi connectivity index (χ4n) is 0.967. The SMILES string of the molecule is O[P+](O)(O)OCc1coc(-c2ccon2)n1. The molecule has 0 saturated carbocycles. The lowest BCUT2D eigenvalue weighted by molar-refractivity contribution is 0.151. The number of hydrogen-bond acceptors (Lipinski definition) is 8. The van der Waals surface area contributed by atoms with Gasteiger partial charge in [0.2, 0.25) is 5.89 Å². The summed E-state index contributed by atoms with van der Waals surface area (Å²) in [6.45, 7) is -0.279. The van der Waals surface area contributed by atoms with Crippen molar-refractivity contribution >= 4 is 8.17 Å². The van der Waals surface area contributed by atoms with Gasteiger partial charge in [0.05, 0.1) is 0 Å². The normalized spacial score (nSPS) is 11.9. The Kier molecular flexibility index (Phi) is 2.99. The number of rotatable bonds is 4. The number of oxazole rings is 1. The first kappa shape index (κ1) is 11.2. The van der Waals surface area contributed by atoms with E-state index in [1.165, 1.54) is 12.5 Å². The second kappa shape index (κ2) is 4.28. The number of hydrogen-bond donors (Lipinski definition) is 3. The molecule has 86 valence electrons. The summed E-state index contributed by atoms with van der Waals surface area (Å²) in [5.41, 5.74) is 0.698. The molecule has 0 bridgehead atoms. The minimum Gasteiger partial charge on any atom is -0.443 e. The zero-order valence-corrected chi connectivity index (χ0v) is 8.74. The first-order valence-corrected chi connectivity index (χ1v) is 5.68. The lowest BCUT2D eigenvalue weighted by atomic mass is 10.4. The van der Waals surface area contributed by atoms with Crippen molar-refractivity contribution in [1.29, 1.82) is 0 Å². The molecule has 0 radical (unpaired) electrons. The zero-order valence-electron chi connectivity index (χ0n) is 7.85. The average Bonchev–Trinajstić information content (AvgIpc) is 2.84. The molecule has 0 unspecified atom stereocenters. The van der Waals surface area contributed by atoms with Crippen molar-refractivity contribution in [1.82, 2.24) is 10.1 Å². The first-order chi connectivity index (χ1) is 7.54. The molecule has 0 spiro atoms. The quantitative estimate of drug-likeness (QED) is 0.667. The molecule has 0 aliphatic rings. The molecule has 0 atom stereocenters. The molecule has 2 aromatic rings. The standard InChI is InChI=1S/C7H8N2O6P/c10-16(11,12)15-4-5-3-13-7(8-5)6-1-2-14-9-6/h1-3,10-12H,4H2/q+1. The summed E-state index contributed by atoms with van der Waals surface area (Å²) in [4.78, 5) is 29.7. The van der Waals surface area contributed by atoms with E-state index in [4.69, 9.17) is 19.1 Å². The summed E-state index contributed by atoms with van der Waals surface area (Å²) < 4.78 is 14.0. The van der Waals surface area contributed by atoms with Gasteiger partial charge in [-0.25, -0.2) is 4.98 Å². The van der Waals surface area contributed by atoms with Gasteiger partial charge in [0, 0.05) is 6.07 Å². The maximum Gasteiger partial charge on any atom is 0.567 e. The Labute approximate surface area is 89.8 Å². The predicted molar refractivity (Wildman–Crippen MR) is 50.4 cm³/mol. The monoisotopic (exact) mass is 247 g/mol. The van der Waals surface area contributed by atoms with Gasteiger partial charge < -0.3 is 8.94 Å². The van der Waals surface area contributed by atoms with Gasteiger partial charge in [0.25, 0.3) is 0 Å². The van der Waals surface area contributed by atoms with Crippen LogP contribution >= 0.6 is 8.17 Å². The van der Waals surface area contributed by atoms with Crippen LogP contribution in [0.5, 0.6) is 0 Å². The van der Waals surface area contributed by atoms with Crippen molar-refractivity contribution in [3.05, 3.63) is 24.3 Å². The van der Waals surface area contributed by atoms with Gasteiger partial charge in [-0.05, 0) is 0 Å². The molecule has 0 aromatic carbocycles. The molecule has 0 amide bonds. The van der Waals surface area contributed by atoms with E-state index >= 15 is 0 Å². The van der Waals surface area contributed by atoms with E-state index in [2.05, 4.69) is 19.2 Å². The van der Waals surface area contributed by atoms with E-state index in [0.717, 1.165) is 0 Å². The van der Waals surface area contributed by atoms with E-state index in [1.54, 1.807) is 6.07 Å². The fourth-order valence-corrected chi connectivity index (χ4v) is 1.27. The molecular weight excluding hydrogens is 239 g/mol. The van der Waals surface area contributed by atoms with Gasteiger partial charge in [-0.3, -0.25) is 0 Å². The van der Waals surface area contributed by atoms with Crippen LogP contribution in [0.3, 0.4) is 0 Å². The summed E-state index contributed by atoms with van der Waals surface area (Å²) in [7, 11) is -4.25. The average molecular weight is 247 g/mol. The highest BCUT2D eigenvalue weighted by Gasteiger charge is 2.33. The first-order valence-electron chi connectivity index (χ1n) is 4.11. The predicted octanol–water partition coefficient (Wildman–Crippen LogP) is 0.501. The molecule has 2 rings (SSSR count). The third-order valence-electron chi connectivity index (χ3n) is 1.59. The van der Waals surface area contributed by atoms with Crippen molar-refractivity contribution in [2.75, 3.05) is 0 Å². The third kappa shape index (κ3) is 2.84. The molecule has 9 heteroatoms. The second-order valence-corrected chi connectivity index (χ2v) is 4.10. The fraction of sp³-hybridized carbons (Fsp3) is 0.143. The van der Waals surface area contributed by atoms with Crippen LogP contribution in [-0.4, -0.2) is 24.8 Å². The van der Waals surface area contributed by atoms with Gasteiger partial charge >= 0.3 is 8.17 Å². The summed E-state index contributed by atoms with van der Waals surface area (Å²) >= 11 is 0. The van der Waals surface area contributed by atoms with Crippen molar-refractivity contribution in [3.8, 4) is 11.6 Å². The van der Waals surface area contributed by atoms with Crippen LogP contribution in [-0.2, 0) is 11.1 Å². The Balaban J connectivity index is 2.03. The molecule has 3 N–H and O–H groups in total. The van der Waals surface area contributed by atoms with Gasteiger partial charge in [-0.1, -0.05) is 5.16 Å². The van der Waals surface area contributed by atoms with E-state index in [0.29, 0.717) is 11.4 Å². The van der Waals surface area contributed by atoms with Gasteiger partial charge in [0.1, 0.15) is 24.8 Å². The van der Waals surface area contributed by atoms with Crippen LogP contribution in [0.2, 0.25) is 0 Å². The van der Waals surface area contributed by atoms with Crippen molar-refractivity contribution < 1.29 is 28.1 Å². The van der Waals surface area contributed by atoms with Crippen molar-refractivity contribution in [2.24, 2.45) is 0 Å². The molecular formula is C7H8N2O6P+. The Morgan fingerprint density at radius 1 is 1.38 bits per heavy atom. The Bertz CT molecular complexity index is 448. The largest absolute Gasteiger partial charge is 0.567 e. The van der Waals surface area contributed by atoms with Crippen LogP contribution in [0.15, 0.2) is 27.5 Å². The summed E-state index contributed by atoms with van der Waals surface area (Å²) in [6.07, 6.45) is 2.61. The van der Waals surface area contributed by atoms with E-state index in [9.17, 15) is 0 Å². The Hall–Kier alpha value is -1.31. The molecule has 0 aliphatic carbocycles. The minimum absolute atomic E-state index is 0.213. The van der Waals surface area contributed by atoms with E-state index < -0.39 is 8.17 Å². The highest BCUT2D eigenvalue weighted by atomic mass is 31.2. The van der Waals surface area contributed by atoms with Crippen molar-refractivity contribution in [3.63, 3.8) is 0 Å². The van der Waals surface area contributed by atoms with Crippen LogP contribution < -0.4 is 0 Å². The van der Waals surface area contributed by atoms with Gasteiger partial charge in [0.15, 0.2) is 5.69 Å². The summed E-state index contributed by atoms with van der Waals surface area (Å²) in [6, 6.07) is 1.55. The van der Waals surface area contributed by atoms with Crippen molar-refractivity contribution in [2.45, 2.75) is 6.61 Å². The Morgan fingerprint density at radius 3 is 2.81 bits per heavy atom. The molecule has 8 nitrogen and oxygen atoms in total. The molecule has 0 aliphatic heterocycles. The molecule has 2 heterocycles. The van der Waals surface area contributed by atoms with Crippen LogP contribution in [0.4, 0.5) is 0 Å². The maximum absolute atomic E-state index is 8.58. The summed E-state index contributed by atoms with van der Waals surface area (Å²) in [5.74, 6) is 0.213. The maximum atomic E-state index is 8.58. The number of aromatic nitrogens is 2. The molecule has 2 aromatic heterocycles. The summed E-state index contributed by atoms with van der Waals surface area (Å²) in [5, 5.41) is 3.60. The highest BCUT2D eigenvalue weighted by molar-refractivity contribution is 7.53. The van der Waals surface area contributed by atoms with Crippen LogP contribution in [0, 0.1) is 0 Å². The molecule has 0 saturated heterocycles. The van der Waals surface area contributed by atoms with E-state index in [-0.39, 0.29) is 12.5 Å². The third-order valence-corrected chi connectivity index (χ3v) is 2.07. The lowest BCUT2D eigenvalue weighted by Gasteiger charge is -1.99. The topological polar surface area (TPSA) is 122 Å². The minimum atomic E-state index is -4.25. The van der Waals surface area contributed by atoms with Crippen LogP contribution in [0.1, 0.15) is 5.69 Å². The number of nitrogens with zero attached hydrogens (tertiary/aromatic N) is 2. The molecule has 0 fully saturated rings. The zero-order chi connectivity index (χ0) is 11.6. The smallest absolute Gasteiger partial charge is 0.443 e. The highest BCUT2D eigenvalue weighted by Crippen LogP contribution is 2.46.